The molecular weight excluding hydrogens is 186 g/mol. The van der Waals surface area contributed by atoms with E-state index in [9.17, 15) is 0 Å². The largest absolute Gasteiger partial charge is 0.304 e. The molecule has 1 aliphatic heterocycles. The highest BCUT2D eigenvalue weighted by atomic mass is 15.3. The van der Waals surface area contributed by atoms with Crippen LogP contribution < -0.4 is 0 Å². The van der Waals surface area contributed by atoms with E-state index in [2.05, 4.69) is 36.4 Å². The molecule has 1 N–H and O–H groups in total. The minimum atomic E-state index is 0.416. The van der Waals surface area contributed by atoms with Gasteiger partial charge >= 0.3 is 0 Å². The Bertz CT molecular complexity index is 250. The molecule has 15 heavy (non-hydrogen) atoms. The van der Waals surface area contributed by atoms with E-state index in [1.807, 2.05) is 6.08 Å². The van der Waals surface area contributed by atoms with E-state index in [1.54, 1.807) is 6.08 Å². The van der Waals surface area contributed by atoms with Gasteiger partial charge < -0.3 is 10.3 Å². The Hall–Kier alpha value is -0.930. The molecule has 0 spiro atoms. The third-order valence-electron chi connectivity index (χ3n) is 2.89. The number of hydrogen-bond donors (Lipinski definition) is 1. The van der Waals surface area contributed by atoms with Crippen LogP contribution in [-0.4, -0.2) is 54.8 Å². The molecule has 0 aliphatic carbocycles. The van der Waals surface area contributed by atoms with Gasteiger partial charge in [-0.25, -0.2) is 0 Å². The van der Waals surface area contributed by atoms with Gasteiger partial charge in [0.1, 0.15) is 0 Å². The maximum atomic E-state index is 7.45. The average molecular weight is 207 g/mol. The van der Waals surface area contributed by atoms with Gasteiger partial charge in [0, 0.05) is 32.2 Å². The Morgan fingerprint density at radius 3 is 2.47 bits per heavy atom. The topological polar surface area (TPSA) is 30.3 Å². The van der Waals surface area contributed by atoms with Gasteiger partial charge in [-0.2, -0.15) is 0 Å². The summed E-state index contributed by atoms with van der Waals surface area (Å²) in [5.74, 6) is 0. The molecule has 3 nitrogen and oxygen atoms in total. The number of nitrogens with zero attached hydrogens (tertiary/aromatic N) is 2. The van der Waals surface area contributed by atoms with E-state index < -0.39 is 0 Å². The zero-order valence-corrected chi connectivity index (χ0v) is 9.74. The van der Waals surface area contributed by atoms with Gasteiger partial charge in [-0.3, -0.25) is 4.90 Å². The van der Waals surface area contributed by atoms with Crippen molar-refractivity contribution in [2.24, 2.45) is 0 Å². The van der Waals surface area contributed by atoms with E-state index in [0.717, 1.165) is 26.2 Å². The lowest BCUT2D eigenvalue weighted by atomic mass is 10.2. The third-order valence-corrected chi connectivity index (χ3v) is 2.89. The molecule has 84 valence electrons. The van der Waals surface area contributed by atoms with Crippen LogP contribution in [0.5, 0.6) is 0 Å². The number of likely N-dealkylation sites (N-methyl/N-ethyl adjacent to an activating group) is 1. The van der Waals surface area contributed by atoms with Gasteiger partial charge in [0.25, 0.3) is 0 Å². The maximum Gasteiger partial charge on any atom is 0.0531 e. The average Bonchev–Trinajstić information content (AvgIpc) is 2.26. The molecule has 0 saturated carbocycles. The molecule has 1 atom stereocenters. The van der Waals surface area contributed by atoms with E-state index >= 15 is 0 Å². The lowest BCUT2D eigenvalue weighted by molar-refractivity contribution is 0.136. The first kappa shape index (κ1) is 12.1. The fourth-order valence-corrected chi connectivity index (χ4v) is 1.66. The molecule has 1 saturated heterocycles. The van der Waals surface area contributed by atoms with Crippen LogP contribution in [-0.2, 0) is 0 Å². The van der Waals surface area contributed by atoms with Gasteiger partial charge in [0.15, 0.2) is 0 Å². The first-order valence-electron chi connectivity index (χ1n) is 5.45. The fourth-order valence-electron chi connectivity index (χ4n) is 1.66. The summed E-state index contributed by atoms with van der Waals surface area (Å²) in [6.45, 7) is 10.2. The summed E-state index contributed by atoms with van der Waals surface area (Å²) in [5.41, 5.74) is 0.482. The monoisotopic (exact) mass is 207 g/mol. The highest BCUT2D eigenvalue weighted by Crippen LogP contribution is 2.05. The maximum absolute atomic E-state index is 7.45. The van der Waals surface area contributed by atoms with Crippen LogP contribution in [0.15, 0.2) is 24.8 Å². The number of piperazine rings is 1. The van der Waals surface area contributed by atoms with Crippen molar-refractivity contribution in [2.75, 3.05) is 33.2 Å². The summed E-state index contributed by atoms with van der Waals surface area (Å²) < 4.78 is 0. The summed E-state index contributed by atoms with van der Waals surface area (Å²) in [6, 6.07) is 0.416. The Kier molecular flexibility index (Phi) is 4.72. The van der Waals surface area contributed by atoms with Crippen LogP contribution in [0.4, 0.5) is 0 Å². The number of nitrogens with one attached hydrogen (secondary N) is 1. The molecule has 0 amide bonds. The second-order valence-corrected chi connectivity index (χ2v) is 4.10. The molecule has 1 rings (SSSR count). The minimum absolute atomic E-state index is 0.416. The zero-order valence-electron chi connectivity index (χ0n) is 9.74. The predicted molar refractivity (Wildman–Crippen MR) is 65.6 cm³/mol. The van der Waals surface area contributed by atoms with Crippen molar-refractivity contribution in [3.05, 3.63) is 24.8 Å². The summed E-state index contributed by atoms with van der Waals surface area (Å²) in [6.07, 6.45) is 5.47. The molecular formula is C12H21N3. The second-order valence-electron chi connectivity index (χ2n) is 4.10. The van der Waals surface area contributed by atoms with E-state index in [1.165, 1.54) is 0 Å². The smallest absolute Gasteiger partial charge is 0.0531 e. The second kappa shape index (κ2) is 5.83. The van der Waals surface area contributed by atoms with Crippen LogP contribution in [0.25, 0.3) is 0 Å². The van der Waals surface area contributed by atoms with Gasteiger partial charge in [-0.1, -0.05) is 12.7 Å². The molecule has 1 aliphatic rings. The highest BCUT2D eigenvalue weighted by Gasteiger charge is 2.16. The molecule has 1 heterocycles. The summed E-state index contributed by atoms with van der Waals surface area (Å²) in [7, 11) is 2.16. The Balaban J connectivity index is 2.40. The quantitative estimate of drug-likeness (QED) is 0.706. The Labute approximate surface area is 92.6 Å². The number of rotatable bonds is 4. The number of hydrogen-bond acceptors (Lipinski definition) is 3. The molecule has 0 aromatic heterocycles. The molecule has 0 bridgehead atoms. The Morgan fingerprint density at radius 1 is 1.33 bits per heavy atom. The van der Waals surface area contributed by atoms with Gasteiger partial charge in [-0.05, 0) is 26.1 Å². The highest BCUT2D eigenvalue weighted by molar-refractivity contribution is 6.01. The van der Waals surface area contributed by atoms with Crippen LogP contribution >= 0.6 is 0 Å². The van der Waals surface area contributed by atoms with Crippen LogP contribution in [0.3, 0.4) is 0 Å². The molecule has 0 aromatic carbocycles. The van der Waals surface area contributed by atoms with Crippen molar-refractivity contribution in [1.82, 2.24) is 9.80 Å². The van der Waals surface area contributed by atoms with Crippen molar-refractivity contribution in [3.8, 4) is 0 Å². The first-order valence-corrected chi connectivity index (χ1v) is 5.45. The van der Waals surface area contributed by atoms with E-state index in [4.69, 9.17) is 5.41 Å². The fraction of sp³-hybridized carbons (Fsp3) is 0.583. The molecule has 0 radical (unpaired) electrons. The number of allylic oxidation sites excluding steroid dienone is 2. The standard InChI is InChI=1S/C12H21N3/c1-4-12(13)6-5-11(2)15-9-7-14(3)8-10-15/h4-6,11,13H,1,7-10H2,2-3H3/b6-5-,13-12?. The lowest BCUT2D eigenvalue weighted by Crippen LogP contribution is -2.47. The summed E-state index contributed by atoms with van der Waals surface area (Å²) >= 11 is 0. The molecule has 3 heteroatoms. The summed E-state index contributed by atoms with van der Waals surface area (Å²) in [4.78, 5) is 4.78. The van der Waals surface area contributed by atoms with Crippen molar-refractivity contribution in [2.45, 2.75) is 13.0 Å². The van der Waals surface area contributed by atoms with E-state index in [-0.39, 0.29) is 0 Å². The van der Waals surface area contributed by atoms with Crippen LogP contribution in [0.1, 0.15) is 6.92 Å². The van der Waals surface area contributed by atoms with Gasteiger partial charge in [-0.15, -0.1) is 0 Å². The van der Waals surface area contributed by atoms with Gasteiger partial charge in [0.05, 0.1) is 5.71 Å². The van der Waals surface area contributed by atoms with Crippen molar-refractivity contribution in [3.63, 3.8) is 0 Å². The van der Waals surface area contributed by atoms with Crippen molar-refractivity contribution >= 4 is 5.71 Å². The molecule has 0 aromatic rings. The van der Waals surface area contributed by atoms with Crippen molar-refractivity contribution in [1.29, 1.82) is 5.41 Å². The van der Waals surface area contributed by atoms with E-state index in [0.29, 0.717) is 11.8 Å². The van der Waals surface area contributed by atoms with Crippen LogP contribution in [0.2, 0.25) is 0 Å². The van der Waals surface area contributed by atoms with Crippen molar-refractivity contribution < 1.29 is 0 Å². The zero-order chi connectivity index (χ0) is 11.3. The summed E-state index contributed by atoms with van der Waals surface area (Å²) in [5, 5.41) is 7.45. The lowest BCUT2D eigenvalue weighted by Gasteiger charge is -2.35. The Morgan fingerprint density at radius 2 is 1.93 bits per heavy atom. The molecule has 1 unspecified atom stereocenters. The third kappa shape index (κ3) is 3.98. The predicted octanol–water partition coefficient (Wildman–Crippen LogP) is 1.38. The normalized spacial score (nSPS) is 21.7. The first-order chi connectivity index (χ1) is 7.13. The van der Waals surface area contributed by atoms with Crippen LogP contribution in [0, 0.1) is 5.41 Å². The molecule has 1 fully saturated rings. The SMILES string of the molecule is C=CC(=N)/C=C\C(C)N1CCN(C)CC1. The van der Waals surface area contributed by atoms with Gasteiger partial charge in [0.2, 0.25) is 0 Å². The minimum Gasteiger partial charge on any atom is -0.304 e.